The first-order chi connectivity index (χ1) is 7.31. The van der Waals surface area contributed by atoms with Crippen molar-refractivity contribution in [3.05, 3.63) is 53.6 Å². The lowest BCUT2D eigenvalue weighted by Crippen LogP contribution is -1.87. The van der Waals surface area contributed by atoms with Gasteiger partial charge >= 0.3 is 0 Å². The van der Waals surface area contributed by atoms with Crippen LogP contribution in [0.15, 0.2) is 42.5 Å². The fraction of sp³-hybridized carbons (Fsp3) is 0.0769. The van der Waals surface area contributed by atoms with Gasteiger partial charge in [-0.15, -0.1) is 0 Å². The van der Waals surface area contributed by atoms with E-state index in [1.807, 2.05) is 42.5 Å². The van der Waals surface area contributed by atoms with Crippen LogP contribution in [0.2, 0.25) is 5.02 Å². The van der Waals surface area contributed by atoms with Crippen LogP contribution in [0, 0.1) is 6.07 Å². The Morgan fingerprint density at radius 1 is 1.20 bits per heavy atom. The molecule has 0 heterocycles. The Balaban J connectivity index is 2.56. The summed E-state index contributed by atoms with van der Waals surface area (Å²) in [4.78, 5) is 0. The highest BCUT2D eigenvalue weighted by atomic mass is 35.5. The van der Waals surface area contributed by atoms with Crippen LogP contribution in [0.4, 0.5) is 0 Å². The summed E-state index contributed by atoms with van der Waals surface area (Å²) in [6.45, 7) is 0. The summed E-state index contributed by atoms with van der Waals surface area (Å²) in [6.07, 6.45) is 0. The van der Waals surface area contributed by atoms with Gasteiger partial charge in [0, 0.05) is 10.6 Å². The summed E-state index contributed by atoms with van der Waals surface area (Å²) < 4.78 is 5.28. The van der Waals surface area contributed by atoms with Crippen LogP contribution in [0.1, 0.15) is 0 Å². The molecule has 0 bridgehead atoms. The molecule has 0 saturated carbocycles. The monoisotopic (exact) mass is 217 g/mol. The minimum atomic E-state index is 0.697. The average molecular weight is 218 g/mol. The van der Waals surface area contributed by atoms with Crippen LogP contribution >= 0.6 is 11.6 Å². The SMILES string of the molecule is COc1ccc(Cl)cc1-c1[c]cccc1. The van der Waals surface area contributed by atoms with Crippen molar-refractivity contribution in [2.45, 2.75) is 0 Å². The van der Waals surface area contributed by atoms with E-state index in [1.165, 1.54) is 0 Å². The van der Waals surface area contributed by atoms with Crippen molar-refractivity contribution < 1.29 is 4.74 Å². The maximum Gasteiger partial charge on any atom is 0.126 e. The molecule has 75 valence electrons. The van der Waals surface area contributed by atoms with E-state index in [0.29, 0.717) is 5.02 Å². The zero-order chi connectivity index (χ0) is 10.7. The van der Waals surface area contributed by atoms with Crippen LogP contribution in [0.3, 0.4) is 0 Å². The summed E-state index contributed by atoms with van der Waals surface area (Å²) >= 11 is 5.95. The number of hydrogen-bond acceptors (Lipinski definition) is 1. The van der Waals surface area contributed by atoms with Gasteiger partial charge in [0.1, 0.15) is 5.75 Å². The van der Waals surface area contributed by atoms with Gasteiger partial charge in [-0.1, -0.05) is 35.9 Å². The Morgan fingerprint density at radius 2 is 2.07 bits per heavy atom. The topological polar surface area (TPSA) is 9.23 Å². The summed E-state index contributed by atoms with van der Waals surface area (Å²) in [7, 11) is 1.65. The quantitative estimate of drug-likeness (QED) is 0.743. The first-order valence-corrected chi connectivity index (χ1v) is 4.99. The van der Waals surface area contributed by atoms with Crippen LogP contribution in [0.25, 0.3) is 11.1 Å². The van der Waals surface area contributed by atoms with Crippen molar-refractivity contribution >= 4 is 11.6 Å². The van der Waals surface area contributed by atoms with Gasteiger partial charge in [-0.05, 0) is 29.8 Å². The lowest BCUT2D eigenvalue weighted by molar-refractivity contribution is 0.416. The van der Waals surface area contributed by atoms with E-state index in [4.69, 9.17) is 16.3 Å². The molecule has 15 heavy (non-hydrogen) atoms. The van der Waals surface area contributed by atoms with Crippen LogP contribution in [-0.4, -0.2) is 7.11 Å². The fourth-order valence-corrected chi connectivity index (χ4v) is 1.62. The predicted octanol–water partition coefficient (Wildman–Crippen LogP) is 3.82. The lowest BCUT2D eigenvalue weighted by Gasteiger charge is -2.08. The molecule has 1 radical (unpaired) electrons. The van der Waals surface area contributed by atoms with Gasteiger partial charge < -0.3 is 4.74 Å². The van der Waals surface area contributed by atoms with Crippen molar-refractivity contribution in [2.24, 2.45) is 0 Å². The molecule has 2 aromatic carbocycles. The highest BCUT2D eigenvalue weighted by molar-refractivity contribution is 6.31. The smallest absolute Gasteiger partial charge is 0.126 e. The Kier molecular flexibility index (Phi) is 2.93. The van der Waals surface area contributed by atoms with Gasteiger partial charge in [0.25, 0.3) is 0 Å². The van der Waals surface area contributed by atoms with Crippen molar-refractivity contribution in [2.75, 3.05) is 7.11 Å². The third kappa shape index (κ3) is 2.13. The van der Waals surface area contributed by atoms with E-state index in [1.54, 1.807) is 7.11 Å². The molecule has 0 aliphatic carbocycles. The van der Waals surface area contributed by atoms with Gasteiger partial charge in [0.05, 0.1) is 7.11 Å². The average Bonchev–Trinajstić information content (AvgIpc) is 2.30. The van der Waals surface area contributed by atoms with Crippen molar-refractivity contribution in [3.63, 3.8) is 0 Å². The van der Waals surface area contributed by atoms with Gasteiger partial charge in [-0.2, -0.15) is 0 Å². The normalized spacial score (nSPS) is 10.0. The second kappa shape index (κ2) is 4.37. The molecular formula is C13H10ClO. The molecule has 0 unspecified atom stereocenters. The number of hydrogen-bond donors (Lipinski definition) is 0. The van der Waals surface area contributed by atoms with E-state index in [-0.39, 0.29) is 0 Å². The molecule has 0 saturated heterocycles. The third-order valence-corrected chi connectivity index (χ3v) is 2.40. The summed E-state index contributed by atoms with van der Waals surface area (Å²) in [6, 6.07) is 16.4. The van der Waals surface area contributed by atoms with E-state index < -0.39 is 0 Å². The molecule has 0 spiro atoms. The second-order valence-electron chi connectivity index (χ2n) is 3.12. The second-order valence-corrected chi connectivity index (χ2v) is 3.56. The number of rotatable bonds is 2. The number of ether oxygens (including phenoxy) is 1. The van der Waals surface area contributed by atoms with E-state index in [9.17, 15) is 0 Å². The minimum Gasteiger partial charge on any atom is -0.496 e. The first-order valence-electron chi connectivity index (χ1n) is 4.62. The molecular weight excluding hydrogens is 208 g/mol. The van der Waals surface area contributed by atoms with Crippen molar-refractivity contribution in [1.82, 2.24) is 0 Å². The molecule has 0 amide bonds. The standard InChI is InChI=1S/C13H10ClO/c1-15-13-8-7-11(14)9-12(13)10-5-3-2-4-6-10/h2-5,7-9H,1H3. The summed E-state index contributed by atoms with van der Waals surface area (Å²) in [5.74, 6) is 0.807. The van der Waals surface area contributed by atoms with Gasteiger partial charge in [-0.25, -0.2) is 0 Å². The maximum atomic E-state index is 5.95. The highest BCUT2D eigenvalue weighted by Crippen LogP contribution is 2.31. The lowest BCUT2D eigenvalue weighted by atomic mass is 10.1. The molecule has 0 aromatic heterocycles. The zero-order valence-corrected chi connectivity index (χ0v) is 9.08. The molecule has 2 rings (SSSR count). The Labute approximate surface area is 94.3 Å². The number of benzene rings is 2. The van der Waals surface area contributed by atoms with Gasteiger partial charge in [-0.3, -0.25) is 0 Å². The molecule has 0 N–H and O–H groups in total. The molecule has 2 aromatic rings. The van der Waals surface area contributed by atoms with Crippen LogP contribution < -0.4 is 4.74 Å². The molecule has 0 fully saturated rings. The molecule has 2 heteroatoms. The highest BCUT2D eigenvalue weighted by Gasteiger charge is 2.05. The molecule has 0 aliphatic heterocycles. The first kappa shape index (κ1) is 10.1. The number of halogens is 1. The Morgan fingerprint density at radius 3 is 2.73 bits per heavy atom. The van der Waals surface area contributed by atoms with E-state index in [0.717, 1.165) is 16.9 Å². The largest absolute Gasteiger partial charge is 0.496 e. The third-order valence-electron chi connectivity index (χ3n) is 2.16. The van der Waals surface area contributed by atoms with Gasteiger partial charge in [0.2, 0.25) is 0 Å². The van der Waals surface area contributed by atoms with Gasteiger partial charge in [0.15, 0.2) is 0 Å². The van der Waals surface area contributed by atoms with Crippen molar-refractivity contribution in [1.29, 1.82) is 0 Å². The van der Waals surface area contributed by atoms with Crippen molar-refractivity contribution in [3.8, 4) is 16.9 Å². The Bertz CT molecular complexity index is 451. The Hall–Kier alpha value is -1.47. The molecule has 0 aliphatic rings. The predicted molar refractivity (Wildman–Crippen MR) is 62.3 cm³/mol. The van der Waals surface area contributed by atoms with Crippen LogP contribution in [0.5, 0.6) is 5.75 Å². The summed E-state index contributed by atoms with van der Waals surface area (Å²) in [5, 5.41) is 0.697. The number of methoxy groups -OCH3 is 1. The maximum absolute atomic E-state index is 5.95. The van der Waals surface area contributed by atoms with E-state index in [2.05, 4.69) is 6.07 Å². The molecule has 1 nitrogen and oxygen atoms in total. The zero-order valence-electron chi connectivity index (χ0n) is 8.33. The van der Waals surface area contributed by atoms with Crippen LogP contribution in [-0.2, 0) is 0 Å². The minimum absolute atomic E-state index is 0.697. The fourth-order valence-electron chi connectivity index (χ4n) is 1.45. The summed E-state index contributed by atoms with van der Waals surface area (Å²) in [5.41, 5.74) is 1.95. The van der Waals surface area contributed by atoms with E-state index >= 15 is 0 Å². The molecule has 0 atom stereocenters.